The van der Waals surface area contributed by atoms with Crippen molar-refractivity contribution < 1.29 is 22.8 Å². The lowest BCUT2D eigenvalue weighted by atomic mass is 10.2. The fourth-order valence-corrected chi connectivity index (χ4v) is 2.32. The molecule has 24 heavy (non-hydrogen) atoms. The highest BCUT2D eigenvalue weighted by Gasteiger charge is 2.33. The van der Waals surface area contributed by atoms with Crippen LogP contribution in [0.15, 0.2) is 18.2 Å². The van der Waals surface area contributed by atoms with E-state index in [1.807, 2.05) is 6.92 Å². The zero-order chi connectivity index (χ0) is 18.3. The zero-order valence-electron chi connectivity index (χ0n) is 13.5. The zero-order valence-corrected chi connectivity index (χ0v) is 14.3. The van der Waals surface area contributed by atoms with Crippen molar-refractivity contribution in [2.24, 2.45) is 0 Å². The SMILES string of the molecule is CCCCCN(CC(=O)Nc1ccc(Cl)c(C(F)(F)F)c1)C(C)=O. The monoisotopic (exact) mass is 364 g/mol. The molecule has 1 aromatic carbocycles. The van der Waals surface area contributed by atoms with Crippen LogP contribution < -0.4 is 5.32 Å². The summed E-state index contributed by atoms with van der Waals surface area (Å²) in [7, 11) is 0. The quantitative estimate of drug-likeness (QED) is 0.732. The van der Waals surface area contributed by atoms with Crippen LogP contribution in [-0.2, 0) is 15.8 Å². The molecule has 0 saturated heterocycles. The van der Waals surface area contributed by atoms with Crippen molar-refractivity contribution in [1.82, 2.24) is 4.90 Å². The molecule has 0 bridgehead atoms. The molecule has 134 valence electrons. The van der Waals surface area contributed by atoms with Gasteiger partial charge in [-0.2, -0.15) is 13.2 Å². The summed E-state index contributed by atoms with van der Waals surface area (Å²) in [5, 5.41) is 1.93. The van der Waals surface area contributed by atoms with E-state index in [2.05, 4.69) is 5.32 Å². The Hall–Kier alpha value is -1.76. The minimum atomic E-state index is -4.61. The summed E-state index contributed by atoms with van der Waals surface area (Å²) in [6.45, 7) is 3.60. The molecular weight excluding hydrogens is 345 g/mol. The van der Waals surface area contributed by atoms with E-state index >= 15 is 0 Å². The molecule has 0 aliphatic carbocycles. The number of hydrogen-bond donors (Lipinski definition) is 1. The fourth-order valence-electron chi connectivity index (χ4n) is 2.09. The number of unbranched alkanes of at least 4 members (excludes halogenated alkanes) is 2. The molecular formula is C16H20ClF3N2O2. The average molecular weight is 365 g/mol. The summed E-state index contributed by atoms with van der Waals surface area (Å²) in [5.74, 6) is -0.814. The maximum absolute atomic E-state index is 12.8. The van der Waals surface area contributed by atoms with Crippen LogP contribution in [0, 0.1) is 0 Å². The number of amides is 2. The molecule has 8 heteroatoms. The molecule has 0 unspecified atom stereocenters. The summed E-state index contributed by atoms with van der Waals surface area (Å²) in [5.41, 5.74) is -1.04. The lowest BCUT2D eigenvalue weighted by Gasteiger charge is -2.20. The van der Waals surface area contributed by atoms with Gasteiger partial charge in [-0.3, -0.25) is 9.59 Å². The number of benzene rings is 1. The Morgan fingerprint density at radius 3 is 2.46 bits per heavy atom. The Morgan fingerprint density at radius 1 is 1.25 bits per heavy atom. The van der Waals surface area contributed by atoms with Crippen LogP contribution in [0.25, 0.3) is 0 Å². The van der Waals surface area contributed by atoms with Crippen LogP contribution in [0.1, 0.15) is 38.7 Å². The number of rotatable bonds is 7. The molecule has 4 nitrogen and oxygen atoms in total. The summed E-state index contributed by atoms with van der Waals surface area (Å²) in [6.07, 6.45) is -1.94. The first kappa shape index (κ1) is 20.3. The Balaban J connectivity index is 2.74. The topological polar surface area (TPSA) is 49.4 Å². The van der Waals surface area contributed by atoms with Gasteiger partial charge in [0, 0.05) is 19.2 Å². The van der Waals surface area contributed by atoms with Crippen molar-refractivity contribution in [2.45, 2.75) is 39.3 Å². The van der Waals surface area contributed by atoms with Gasteiger partial charge in [-0.05, 0) is 24.6 Å². The molecule has 0 aliphatic rings. The molecule has 0 aromatic heterocycles. The number of hydrogen-bond acceptors (Lipinski definition) is 2. The summed E-state index contributed by atoms with van der Waals surface area (Å²) in [4.78, 5) is 24.9. The first-order valence-corrected chi connectivity index (χ1v) is 7.95. The largest absolute Gasteiger partial charge is 0.417 e. The normalized spacial score (nSPS) is 11.2. The van der Waals surface area contributed by atoms with Crippen LogP contribution in [0.5, 0.6) is 0 Å². The predicted octanol–water partition coefficient (Wildman–Crippen LogP) is 4.34. The summed E-state index contributed by atoms with van der Waals surface area (Å²) < 4.78 is 38.4. The van der Waals surface area contributed by atoms with Crippen molar-refractivity contribution in [1.29, 1.82) is 0 Å². The van der Waals surface area contributed by atoms with Gasteiger partial charge in [-0.15, -0.1) is 0 Å². The molecule has 0 radical (unpaired) electrons. The van der Waals surface area contributed by atoms with Gasteiger partial charge in [0.05, 0.1) is 17.1 Å². The van der Waals surface area contributed by atoms with E-state index in [0.29, 0.717) is 6.54 Å². The number of halogens is 4. The van der Waals surface area contributed by atoms with Gasteiger partial charge >= 0.3 is 6.18 Å². The maximum Gasteiger partial charge on any atom is 0.417 e. The van der Waals surface area contributed by atoms with E-state index in [-0.39, 0.29) is 18.1 Å². The van der Waals surface area contributed by atoms with Crippen molar-refractivity contribution in [3.8, 4) is 0 Å². The van der Waals surface area contributed by atoms with Crippen LogP contribution >= 0.6 is 11.6 Å². The van der Waals surface area contributed by atoms with E-state index in [1.54, 1.807) is 0 Å². The summed E-state index contributed by atoms with van der Waals surface area (Å²) >= 11 is 5.53. The third-order valence-electron chi connectivity index (χ3n) is 3.37. The molecule has 0 fully saturated rings. The fraction of sp³-hybridized carbons (Fsp3) is 0.500. The Kier molecular flexibility index (Phi) is 7.54. The molecule has 0 aliphatic heterocycles. The van der Waals surface area contributed by atoms with E-state index in [9.17, 15) is 22.8 Å². The molecule has 0 atom stereocenters. The lowest BCUT2D eigenvalue weighted by Crippen LogP contribution is -2.37. The third-order valence-corrected chi connectivity index (χ3v) is 3.70. The van der Waals surface area contributed by atoms with Crippen LogP contribution in [0.3, 0.4) is 0 Å². The van der Waals surface area contributed by atoms with Gasteiger partial charge in [0.25, 0.3) is 0 Å². The van der Waals surface area contributed by atoms with Gasteiger partial charge in [0.15, 0.2) is 0 Å². The van der Waals surface area contributed by atoms with Crippen LogP contribution in [-0.4, -0.2) is 29.8 Å². The number of nitrogens with zero attached hydrogens (tertiary/aromatic N) is 1. The number of carbonyl (C=O) groups is 2. The van der Waals surface area contributed by atoms with Gasteiger partial charge < -0.3 is 10.2 Å². The second kappa shape index (κ2) is 8.92. The standard InChI is InChI=1S/C16H20ClF3N2O2/c1-3-4-5-8-22(11(2)23)10-15(24)21-12-6-7-14(17)13(9-12)16(18,19)20/h6-7,9H,3-5,8,10H2,1-2H3,(H,21,24). The maximum atomic E-state index is 12.8. The number of nitrogens with one attached hydrogen (secondary N) is 1. The van der Waals surface area contributed by atoms with Crippen LogP contribution in [0.2, 0.25) is 5.02 Å². The van der Waals surface area contributed by atoms with Crippen molar-refractivity contribution in [3.63, 3.8) is 0 Å². The number of carbonyl (C=O) groups excluding carboxylic acids is 2. The van der Waals surface area contributed by atoms with Crippen molar-refractivity contribution >= 4 is 29.1 Å². The van der Waals surface area contributed by atoms with Crippen LogP contribution in [0.4, 0.5) is 18.9 Å². The Morgan fingerprint density at radius 2 is 1.92 bits per heavy atom. The lowest BCUT2D eigenvalue weighted by molar-refractivity contribution is -0.137. The smallest absolute Gasteiger partial charge is 0.334 e. The molecule has 0 spiro atoms. The minimum Gasteiger partial charge on any atom is -0.334 e. The highest BCUT2D eigenvalue weighted by atomic mass is 35.5. The summed E-state index contributed by atoms with van der Waals surface area (Å²) in [6, 6.07) is 3.13. The van der Waals surface area contributed by atoms with Gasteiger partial charge in [0.1, 0.15) is 0 Å². The third kappa shape index (κ3) is 6.39. The molecule has 0 saturated carbocycles. The first-order chi connectivity index (χ1) is 11.1. The molecule has 1 rings (SSSR count). The molecule has 2 amide bonds. The van der Waals surface area contributed by atoms with Gasteiger partial charge in [-0.25, -0.2) is 0 Å². The molecule has 0 heterocycles. The second-order valence-electron chi connectivity index (χ2n) is 5.39. The van der Waals surface area contributed by atoms with E-state index in [4.69, 9.17) is 11.6 Å². The van der Waals surface area contributed by atoms with E-state index in [1.165, 1.54) is 17.9 Å². The molecule has 1 aromatic rings. The molecule has 1 N–H and O–H groups in total. The first-order valence-electron chi connectivity index (χ1n) is 7.57. The minimum absolute atomic E-state index is 0.0196. The number of anilines is 1. The highest BCUT2D eigenvalue weighted by molar-refractivity contribution is 6.31. The van der Waals surface area contributed by atoms with E-state index in [0.717, 1.165) is 31.4 Å². The van der Waals surface area contributed by atoms with Crippen molar-refractivity contribution in [2.75, 3.05) is 18.4 Å². The number of alkyl halides is 3. The highest BCUT2D eigenvalue weighted by Crippen LogP contribution is 2.36. The Bertz CT molecular complexity index is 591. The predicted molar refractivity (Wildman–Crippen MR) is 86.9 cm³/mol. The van der Waals surface area contributed by atoms with Gasteiger partial charge in [0.2, 0.25) is 11.8 Å². The Labute approximate surface area is 144 Å². The average Bonchev–Trinajstić information content (AvgIpc) is 2.47. The van der Waals surface area contributed by atoms with Crippen molar-refractivity contribution in [3.05, 3.63) is 28.8 Å². The van der Waals surface area contributed by atoms with Gasteiger partial charge in [-0.1, -0.05) is 31.4 Å². The second-order valence-corrected chi connectivity index (χ2v) is 5.80. The van der Waals surface area contributed by atoms with E-state index < -0.39 is 22.7 Å².